The Morgan fingerprint density at radius 2 is 2.27 bits per heavy atom. The van der Waals surface area contributed by atoms with E-state index in [1.807, 2.05) is 11.7 Å². The quantitative estimate of drug-likeness (QED) is 0.856. The predicted molar refractivity (Wildman–Crippen MR) is 62.1 cm³/mol. The second kappa shape index (κ2) is 4.54. The molecular weight excluding hydrogens is 210 g/mol. The number of rotatable bonds is 4. The van der Waals surface area contributed by atoms with Crippen molar-refractivity contribution >= 4 is 11.6 Å². The fraction of sp³-hybridized carbons (Fsp3) is 0.727. The lowest BCUT2D eigenvalue weighted by atomic mass is 9.93. The molecule has 4 heteroatoms. The van der Waals surface area contributed by atoms with Crippen LogP contribution in [0.2, 0.25) is 5.02 Å². The van der Waals surface area contributed by atoms with Crippen molar-refractivity contribution in [1.29, 1.82) is 0 Å². The number of halogens is 1. The van der Waals surface area contributed by atoms with E-state index in [0.717, 1.165) is 29.4 Å². The smallest absolute Gasteiger partial charge is 0.0863 e. The Morgan fingerprint density at radius 1 is 1.53 bits per heavy atom. The summed E-state index contributed by atoms with van der Waals surface area (Å²) in [4.78, 5) is 0. The molecule has 1 aromatic rings. The molecule has 0 aromatic carbocycles. The van der Waals surface area contributed by atoms with Crippen LogP contribution in [0.5, 0.6) is 0 Å². The van der Waals surface area contributed by atoms with E-state index in [1.54, 1.807) is 0 Å². The van der Waals surface area contributed by atoms with Crippen molar-refractivity contribution in [2.24, 2.45) is 7.05 Å². The maximum absolute atomic E-state index is 6.25. The number of aryl methyl sites for hydroxylation is 2. The highest BCUT2D eigenvalue weighted by molar-refractivity contribution is 6.31. The average molecular weight is 228 g/mol. The molecule has 84 valence electrons. The minimum Gasteiger partial charge on any atom is -0.308 e. The molecule has 3 nitrogen and oxygen atoms in total. The normalized spacial score (nSPS) is 16.7. The van der Waals surface area contributed by atoms with Crippen LogP contribution in [-0.4, -0.2) is 15.8 Å². The second-order valence-electron chi connectivity index (χ2n) is 4.19. The van der Waals surface area contributed by atoms with Crippen molar-refractivity contribution < 1.29 is 0 Å². The van der Waals surface area contributed by atoms with Gasteiger partial charge < -0.3 is 5.32 Å². The van der Waals surface area contributed by atoms with Gasteiger partial charge >= 0.3 is 0 Å². The Kier molecular flexibility index (Phi) is 3.32. The van der Waals surface area contributed by atoms with Gasteiger partial charge in [0.05, 0.1) is 16.4 Å². The van der Waals surface area contributed by atoms with E-state index in [4.69, 9.17) is 11.6 Å². The molecule has 0 radical (unpaired) electrons. The number of nitrogens with zero attached hydrogens (tertiary/aromatic N) is 2. The molecule has 1 aliphatic rings. The first-order valence-electron chi connectivity index (χ1n) is 5.66. The molecule has 0 unspecified atom stereocenters. The minimum atomic E-state index is 0.695. The summed E-state index contributed by atoms with van der Waals surface area (Å²) in [6.07, 6.45) is 4.86. The number of hydrogen-bond acceptors (Lipinski definition) is 2. The van der Waals surface area contributed by atoms with Gasteiger partial charge in [0.15, 0.2) is 0 Å². The molecule has 0 amide bonds. The molecule has 1 N–H and O–H groups in total. The minimum absolute atomic E-state index is 0.695. The summed E-state index contributed by atoms with van der Waals surface area (Å²) in [5.74, 6) is 0. The fourth-order valence-electron chi connectivity index (χ4n) is 1.87. The molecule has 1 aromatic heterocycles. The molecular formula is C11H18ClN3. The van der Waals surface area contributed by atoms with Gasteiger partial charge in [-0.2, -0.15) is 5.10 Å². The lowest BCUT2D eigenvalue weighted by Gasteiger charge is -2.26. The number of hydrogen-bond donors (Lipinski definition) is 1. The molecule has 15 heavy (non-hydrogen) atoms. The SMILES string of the molecule is CCc1nn(C)c(CNC2CCC2)c1Cl. The van der Waals surface area contributed by atoms with E-state index in [9.17, 15) is 0 Å². The van der Waals surface area contributed by atoms with E-state index in [-0.39, 0.29) is 0 Å². The van der Waals surface area contributed by atoms with Crippen LogP contribution in [0.1, 0.15) is 37.6 Å². The van der Waals surface area contributed by atoms with Crippen molar-refractivity contribution in [2.75, 3.05) is 0 Å². The second-order valence-corrected chi connectivity index (χ2v) is 4.57. The van der Waals surface area contributed by atoms with Crippen LogP contribution >= 0.6 is 11.6 Å². The van der Waals surface area contributed by atoms with Gasteiger partial charge in [0, 0.05) is 19.6 Å². The van der Waals surface area contributed by atoms with Crippen molar-refractivity contribution in [3.63, 3.8) is 0 Å². The highest BCUT2D eigenvalue weighted by Crippen LogP contribution is 2.23. The Balaban J connectivity index is 2.02. The molecule has 0 aliphatic heterocycles. The Labute approximate surface area is 95.8 Å². The lowest BCUT2D eigenvalue weighted by molar-refractivity contribution is 0.335. The van der Waals surface area contributed by atoms with Gasteiger partial charge in [-0.15, -0.1) is 0 Å². The molecule has 0 spiro atoms. The molecule has 1 fully saturated rings. The third-order valence-corrected chi connectivity index (χ3v) is 3.60. The van der Waals surface area contributed by atoms with Crippen LogP contribution in [0.25, 0.3) is 0 Å². The van der Waals surface area contributed by atoms with Gasteiger partial charge in [0.1, 0.15) is 0 Å². The molecule has 0 saturated heterocycles. The Bertz CT molecular complexity index is 342. The molecule has 2 rings (SSSR count). The van der Waals surface area contributed by atoms with E-state index >= 15 is 0 Å². The first kappa shape index (κ1) is 11.0. The maximum atomic E-state index is 6.25. The molecule has 1 aliphatic carbocycles. The largest absolute Gasteiger partial charge is 0.308 e. The van der Waals surface area contributed by atoms with Crippen LogP contribution in [0.15, 0.2) is 0 Å². The van der Waals surface area contributed by atoms with Crippen molar-refractivity contribution in [1.82, 2.24) is 15.1 Å². The third-order valence-electron chi connectivity index (χ3n) is 3.17. The summed E-state index contributed by atoms with van der Waals surface area (Å²) < 4.78 is 1.90. The summed E-state index contributed by atoms with van der Waals surface area (Å²) in [7, 11) is 1.96. The van der Waals surface area contributed by atoms with Crippen LogP contribution in [-0.2, 0) is 20.0 Å². The maximum Gasteiger partial charge on any atom is 0.0863 e. The topological polar surface area (TPSA) is 29.9 Å². The third kappa shape index (κ3) is 2.18. The standard InChI is InChI=1S/C11H18ClN3/c1-3-9-11(12)10(15(2)14-9)7-13-8-5-4-6-8/h8,13H,3-7H2,1-2H3. The van der Waals surface area contributed by atoms with E-state index in [2.05, 4.69) is 17.3 Å². The van der Waals surface area contributed by atoms with Gasteiger partial charge in [-0.25, -0.2) is 0 Å². The van der Waals surface area contributed by atoms with Crippen LogP contribution in [0.3, 0.4) is 0 Å². The summed E-state index contributed by atoms with van der Waals surface area (Å²) in [5.41, 5.74) is 2.12. The molecule has 1 heterocycles. The number of aromatic nitrogens is 2. The summed E-state index contributed by atoms with van der Waals surface area (Å²) in [5, 5.41) is 8.74. The van der Waals surface area contributed by atoms with Gasteiger partial charge in [-0.3, -0.25) is 4.68 Å². The zero-order valence-corrected chi connectivity index (χ0v) is 10.1. The van der Waals surface area contributed by atoms with E-state index < -0.39 is 0 Å². The van der Waals surface area contributed by atoms with Crippen molar-refractivity contribution in [2.45, 2.75) is 45.2 Å². The highest BCUT2D eigenvalue weighted by Gasteiger charge is 2.18. The van der Waals surface area contributed by atoms with Crippen molar-refractivity contribution in [3.8, 4) is 0 Å². The monoisotopic (exact) mass is 227 g/mol. The van der Waals surface area contributed by atoms with Gasteiger partial charge in [0.2, 0.25) is 0 Å². The summed E-state index contributed by atoms with van der Waals surface area (Å²) in [6.45, 7) is 2.92. The Morgan fingerprint density at radius 3 is 2.73 bits per heavy atom. The van der Waals surface area contributed by atoms with Gasteiger partial charge in [0.25, 0.3) is 0 Å². The first-order chi connectivity index (χ1) is 7.22. The Hall–Kier alpha value is -0.540. The van der Waals surface area contributed by atoms with E-state index in [0.29, 0.717) is 6.04 Å². The van der Waals surface area contributed by atoms with Crippen LogP contribution < -0.4 is 5.32 Å². The fourth-order valence-corrected chi connectivity index (χ4v) is 2.23. The first-order valence-corrected chi connectivity index (χ1v) is 6.03. The van der Waals surface area contributed by atoms with Crippen molar-refractivity contribution in [3.05, 3.63) is 16.4 Å². The zero-order valence-electron chi connectivity index (χ0n) is 9.39. The molecule has 1 saturated carbocycles. The van der Waals surface area contributed by atoms with Gasteiger partial charge in [-0.05, 0) is 19.3 Å². The lowest BCUT2D eigenvalue weighted by Crippen LogP contribution is -2.35. The average Bonchev–Trinajstić information content (AvgIpc) is 2.42. The van der Waals surface area contributed by atoms with Gasteiger partial charge in [-0.1, -0.05) is 24.9 Å². The molecule has 0 bridgehead atoms. The zero-order chi connectivity index (χ0) is 10.8. The van der Waals surface area contributed by atoms with Crippen LogP contribution in [0.4, 0.5) is 0 Å². The highest BCUT2D eigenvalue weighted by atomic mass is 35.5. The van der Waals surface area contributed by atoms with E-state index in [1.165, 1.54) is 19.3 Å². The molecule has 0 atom stereocenters. The number of nitrogens with one attached hydrogen (secondary N) is 1. The summed E-state index contributed by atoms with van der Waals surface area (Å²) >= 11 is 6.25. The predicted octanol–water partition coefficient (Wildman–Crippen LogP) is 2.28. The summed E-state index contributed by atoms with van der Waals surface area (Å²) in [6, 6.07) is 0.695. The van der Waals surface area contributed by atoms with Crippen LogP contribution in [0, 0.1) is 0 Å².